The maximum atomic E-state index is 12.2. The van der Waals surface area contributed by atoms with Crippen LogP contribution in [-0.4, -0.2) is 53.3 Å². The SMILES string of the molecule is Oc1ccc(C=Cc2c(CCc3ccc(CNCC4(c5cnc[nH]5)C5C(O)C=CC6CCC7C=CC(CC675)C45CCCC5)cc3)c(O)c(O)c3c(O)cccc23)cc1O. The number of hydrogen-bond donors (Lipinski definition) is 8. The van der Waals surface area contributed by atoms with Gasteiger partial charge in [0.2, 0.25) is 0 Å². The number of fused-ring (bicyclic) bond motifs is 3. The molecule has 10 rings (SSSR count). The molecule has 4 aromatic carbocycles. The molecule has 2 bridgehead atoms. The molecule has 304 valence electrons. The van der Waals surface area contributed by atoms with Gasteiger partial charge in [-0.3, -0.25) is 0 Å². The van der Waals surface area contributed by atoms with Gasteiger partial charge in [-0.1, -0.05) is 91.8 Å². The summed E-state index contributed by atoms with van der Waals surface area (Å²) >= 11 is 0. The zero-order valence-electron chi connectivity index (χ0n) is 33.2. The first-order chi connectivity index (χ1) is 28.7. The van der Waals surface area contributed by atoms with Crippen LogP contribution in [0.25, 0.3) is 22.9 Å². The number of aliphatic hydroxyl groups excluding tert-OH is 1. The first-order valence-corrected chi connectivity index (χ1v) is 21.4. The first-order valence-electron chi connectivity index (χ1n) is 21.4. The van der Waals surface area contributed by atoms with E-state index in [0.717, 1.165) is 30.5 Å². The summed E-state index contributed by atoms with van der Waals surface area (Å²) in [5, 5.41) is 69.9. The van der Waals surface area contributed by atoms with Crippen molar-refractivity contribution in [1.29, 1.82) is 0 Å². The number of H-pyrrole nitrogens is 1. The highest BCUT2D eigenvalue weighted by atomic mass is 16.3. The molecule has 1 aromatic heterocycles. The number of aromatic nitrogens is 2. The third kappa shape index (κ3) is 5.68. The van der Waals surface area contributed by atoms with Crippen LogP contribution in [0.15, 0.2) is 97.5 Å². The predicted molar refractivity (Wildman–Crippen MR) is 229 cm³/mol. The van der Waals surface area contributed by atoms with Gasteiger partial charge >= 0.3 is 0 Å². The van der Waals surface area contributed by atoms with Gasteiger partial charge in [-0.15, -0.1) is 0 Å². The Morgan fingerprint density at radius 1 is 0.763 bits per heavy atom. The lowest BCUT2D eigenvalue weighted by Crippen LogP contribution is -2.71. The fourth-order valence-electron chi connectivity index (χ4n) is 13.2. The molecular formula is C50H53N3O6. The Hall–Kier alpha value is -5.51. The van der Waals surface area contributed by atoms with Crippen molar-refractivity contribution in [3.8, 4) is 28.7 Å². The molecule has 0 radical (unpaired) electrons. The van der Waals surface area contributed by atoms with Gasteiger partial charge < -0.3 is 40.9 Å². The van der Waals surface area contributed by atoms with E-state index in [2.05, 4.69) is 70.1 Å². The van der Waals surface area contributed by atoms with Crippen LogP contribution < -0.4 is 5.32 Å². The molecule has 7 atom stereocenters. The summed E-state index contributed by atoms with van der Waals surface area (Å²) in [4.78, 5) is 8.26. The number of aliphatic hydroxyl groups is 1. The molecule has 8 N–H and O–H groups in total. The molecule has 9 heteroatoms. The van der Waals surface area contributed by atoms with Gasteiger partial charge in [-0.05, 0) is 119 Å². The van der Waals surface area contributed by atoms with Gasteiger partial charge in [-0.25, -0.2) is 4.98 Å². The van der Waals surface area contributed by atoms with Gasteiger partial charge in [0.1, 0.15) is 5.75 Å². The highest BCUT2D eigenvalue weighted by Gasteiger charge is 2.74. The number of rotatable bonds is 10. The van der Waals surface area contributed by atoms with E-state index in [1.54, 1.807) is 30.4 Å². The molecule has 1 heterocycles. The van der Waals surface area contributed by atoms with Crippen molar-refractivity contribution in [2.24, 2.45) is 34.5 Å². The van der Waals surface area contributed by atoms with E-state index in [0.29, 0.717) is 59.2 Å². The van der Waals surface area contributed by atoms with Crippen LogP contribution in [-0.2, 0) is 24.8 Å². The Morgan fingerprint density at radius 3 is 2.25 bits per heavy atom. The van der Waals surface area contributed by atoms with E-state index in [-0.39, 0.29) is 56.3 Å². The highest BCUT2D eigenvalue weighted by Crippen LogP contribution is 2.76. The predicted octanol–water partition coefficient (Wildman–Crippen LogP) is 8.78. The van der Waals surface area contributed by atoms with Crippen molar-refractivity contribution in [1.82, 2.24) is 15.3 Å². The van der Waals surface area contributed by atoms with Crippen molar-refractivity contribution < 1.29 is 30.6 Å². The minimum atomic E-state index is -0.520. The molecule has 5 aromatic rings. The number of nitrogens with one attached hydrogen (secondary N) is 2. The summed E-state index contributed by atoms with van der Waals surface area (Å²) in [6, 6.07) is 18.0. The van der Waals surface area contributed by atoms with Crippen LogP contribution in [0.1, 0.15) is 78.5 Å². The number of hydrogen-bond acceptors (Lipinski definition) is 8. The summed E-state index contributed by atoms with van der Waals surface area (Å²) in [5.74, 6) is 0.256. The first kappa shape index (κ1) is 37.7. The molecular weight excluding hydrogens is 739 g/mol. The number of allylic oxidation sites excluding steroid dienone is 3. The van der Waals surface area contributed by atoms with Crippen LogP contribution in [0.3, 0.4) is 0 Å². The quantitative estimate of drug-likeness (QED) is 0.0396. The molecule has 3 fully saturated rings. The number of aromatic hydroxyl groups is 5. The molecule has 5 aliphatic carbocycles. The fourth-order valence-corrected chi connectivity index (χ4v) is 13.2. The Bertz CT molecular complexity index is 2480. The Labute approximate surface area is 344 Å². The summed E-state index contributed by atoms with van der Waals surface area (Å²) in [6.45, 7) is 1.42. The number of nitrogens with zero attached hydrogens (tertiary/aromatic N) is 1. The Balaban J connectivity index is 0.919. The topological polar surface area (TPSA) is 162 Å². The van der Waals surface area contributed by atoms with Crippen LogP contribution in [0, 0.1) is 34.5 Å². The van der Waals surface area contributed by atoms with E-state index in [1.165, 1.54) is 56.0 Å². The van der Waals surface area contributed by atoms with Crippen molar-refractivity contribution in [3.05, 3.63) is 131 Å². The van der Waals surface area contributed by atoms with Crippen molar-refractivity contribution in [3.63, 3.8) is 0 Å². The zero-order chi connectivity index (χ0) is 40.5. The summed E-state index contributed by atoms with van der Waals surface area (Å²) in [7, 11) is 0. The smallest absolute Gasteiger partial charge is 0.169 e. The summed E-state index contributed by atoms with van der Waals surface area (Å²) in [6.07, 6.45) is 25.8. The lowest BCUT2D eigenvalue weighted by atomic mass is 9.34. The summed E-state index contributed by atoms with van der Waals surface area (Å²) in [5.41, 5.74) is 4.94. The molecule has 0 saturated heterocycles. The Kier molecular flexibility index (Phi) is 9.18. The lowest BCUT2D eigenvalue weighted by Gasteiger charge is -2.70. The molecule has 5 aliphatic rings. The molecule has 2 spiro atoms. The maximum absolute atomic E-state index is 12.2. The van der Waals surface area contributed by atoms with Crippen LogP contribution in [0.2, 0.25) is 0 Å². The molecule has 0 amide bonds. The van der Waals surface area contributed by atoms with Crippen LogP contribution >= 0.6 is 0 Å². The fraction of sp³-hybridized carbons (Fsp3) is 0.380. The number of aromatic amines is 1. The third-order valence-electron chi connectivity index (χ3n) is 15.6. The van der Waals surface area contributed by atoms with E-state index in [9.17, 15) is 30.6 Å². The minimum Gasteiger partial charge on any atom is -0.507 e. The van der Waals surface area contributed by atoms with Gasteiger partial charge in [0.05, 0.1) is 17.8 Å². The molecule has 59 heavy (non-hydrogen) atoms. The van der Waals surface area contributed by atoms with Gasteiger partial charge in [0.25, 0.3) is 0 Å². The Morgan fingerprint density at radius 2 is 1.51 bits per heavy atom. The third-order valence-corrected chi connectivity index (χ3v) is 15.6. The van der Waals surface area contributed by atoms with Gasteiger partial charge in [-0.2, -0.15) is 0 Å². The molecule has 0 aliphatic heterocycles. The van der Waals surface area contributed by atoms with Crippen LogP contribution in [0.5, 0.6) is 28.7 Å². The van der Waals surface area contributed by atoms with Crippen molar-refractivity contribution >= 4 is 22.9 Å². The number of aryl methyl sites for hydroxylation is 1. The number of imidazole rings is 1. The van der Waals surface area contributed by atoms with E-state index < -0.39 is 6.10 Å². The molecule has 7 unspecified atom stereocenters. The minimum absolute atomic E-state index is 0.0223. The number of phenolic OH excluding ortho intramolecular Hbond substituents is 5. The lowest BCUT2D eigenvalue weighted by molar-refractivity contribution is -0.172. The van der Waals surface area contributed by atoms with Crippen molar-refractivity contribution in [2.45, 2.75) is 75.9 Å². The summed E-state index contributed by atoms with van der Waals surface area (Å²) < 4.78 is 0. The average molecular weight is 792 g/mol. The highest BCUT2D eigenvalue weighted by molar-refractivity contribution is 6.03. The molecule has 9 nitrogen and oxygen atoms in total. The van der Waals surface area contributed by atoms with E-state index >= 15 is 0 Å². The molecule has 3 saturated carbocycles. The number of benzene rings is 4. The second-order valence-corrected chi connectivity index (χ2v) is 18.0. The van der Waals surface area contributed by atoms with E-state index in [4.69, 9.17) is 0 Å². The van der Waals surface area contributed by atoms with Crippen molar-refractivity contribution in [2.75, 3.05) is 6.54 Å². The largest absolute Gasteiger partial charge is 0.507 e. The van der Waals surface area contributed by atoms with Gasteiger partial charge in [0, 0.05) is 41.9 Å². The monoisotopic (exact) mass is 791 g/mol. The number of phenols is 5. The van der Waals surface area contributed by atoms with Crippen LogP contribution in [0.4, 0.5) is 0 Å². The van der Waals surface area contributed by atoms with Gasteiger partial charge in [0.15, 0.2) is 23.0 Å². The average Bonchev–Trinajstić information content (AvgIpc) is 4.03. The normalized spacial score (nSPS) is 28.9. The van der Waals surface area contributed by atoms with E-state index in [1.807, 2.05) is 6.33 Å². The maximum Gasteiger partial charge on any atom is 0.169 e. The zero-order valence-corrected chi connectivity index (χ0v) is 33.2. The second-order valence-electron chi connectivity index (χ2n) is 18.0. The standard InChI is InChI=1S/C50H53N3O6/c54-39-20-12-31(24-42(39)57)11-18-36-37-4-3-5-40(55)44(37)46(59)45(58)38(36)19-10-30-6-8-32(9-7-30)26-51-28-50(43-27-52-29-53-43)47-41(56)21-17-34-14-13-33-15-16-35(25-49(33,34)47)48(50)22-1-2-23-48/h3-9,11-12,15-18,20-21,24,27,29,33-35,41,47,51,54-59H,1-2,10,13-14,19,22-23,25-26,28H2,(H,52,53). The second kappa shape index (κ2) is 14.3.